The van der Waals surface area contributed by atoms with E-state index in [1.165, 1.54) is 42.5 Å². The molecular formula is C34H34F2N2O5S. The third-order valence-electron chi connectivity index (χ3n) is 8.32. The second-order valence-corrected chi connectivity index (χ2v) is 14.3. The second kappa shape index (κ2) is 11.4. The van der Waals surface area contributed by atoms with Crippen molar-refractivity contribution in [3.63, 3.8) is 0 Å². The van der Waals surface area contributed by atoms with E-state index >= 15 is 8.78 Å². The molecule has 1 atom stereocenters. The maximum Gasteiger partial charge on any atom is 0.262 e. The largest absolute Gasteiger partial charge is 0.506 e. The third-order valence-corrected chi connectivity index (χ3v) is 10.6. The summed E-state index contributed by atoms with van der Waals surface area (Å²) in [4.78, 5) is 15.3. The molecule has 44 heavy (non-hydrogen) atoms. The molecule has 0 radical (unpaired) electrons. The first-order chi connectivity index (χ1) is 20.9. The smallest absolute Gasteiger partial charge is 0.262 e. The average Bonchev–Trinajstić information content (AvgIpc) is 3.11. The number of phenols is 1. The Bertz CT molecular complexity index is 1800. The molecule has 2 aliphatic heterocycles. The van der Waals surface area contributed by atoms with Gasteiger partial charge < -0.3 is 15.2 Å². The van der Waals surface area contributed by atoms with Gasteiger partial charge in [0.15, 0.2) is 9.84 Å². The van der Waals surface area contributed by atoms with Gasteiger partial charge in [-0.15, -0.1) is 0 Å². The molecule has 0 saturated heterocycles. The van der Waals surface area contributed by atoms with Crippen LogP contribution in [-0.4, -0.2) is 37.8 Å². The van der Waals surface area contributed by atoms with Gasteiger partial charge in [0.1, 0.15) is 29.7 Å². The zero-order valence-electron chi connectivity index (χ0n) is 24.6. The summed E-state index contributed by atoms with van der Waals surface area (Å²) < 4.78 is 65.6. The summed E-state index contributed by atoms with van der Waals surface area (Å²) >= 11 is 0. The molecule has 2 aromatic rings. The van der Waals surface area contributed by atoms with Crippen LogP contribution in [0.4, 0.5) is 20.2 Å². The van der Waals surface area contributed by atoms with Crippen LogP contribution in [0.1, 0.15) is 56.3 Å². The fourth-order valence-corrected chi connectivity index (χ4v) is 8.80. The number of carbonyl (C=O) groups is 1. The molecule has 1 unspecified atom stereocenters. The zero-order valence-corrected chi connectivity index (χ0v) is 25.4. The van der Waals surface area contributed by atoms with E-state index in [-0.39, 0.29) is 70.5 Å². The van der Waals surface area contributed by atoms with Crippen LogP contribution in [0.2, 0.25) is 0 Å². The van der Waals surface area contributed by atoms with Crippen molar-refractivity contribution in [2.24, 2.45) is 5.41 Å². The Morgan fingerprint density at radius 2 is 1.91 bits per heavy atom. The molecule has 0 bridgehead atoms. The lowest BCUT2D eigenvalue weighted by molar-refractivity contribution is 0.0979. The molecule has 7 nitrogen and oxygen atoms in total. The van der Waals surface area contributed by atoms with Gasteiger partial charge in [-0.1, -0.05) is 50.3 Å². The lowest BCUT2D eigenvalue weighted by Crippen LogP contribution is -2.47. The quantitative estimate of drug-likeness (QED) is 0.343. The minimum atomic E-state index is -4.08. The van der Waals surface area contributed by atoms with Crippen LogP contribution < -0.4 is 10.2 Å². The summed E-state index contributed by atoms with van der Waals surface area (Å²) in [5, 5.41) is 14.0. The summed E-state index contributed by atoms with van der Waals surface area (Å²) in [6.45, 7) is 3.91. The number of ether oxygens (including phenoxy) is 1. The molecule has 1 amide bonds. The van der Waals surface area contributed by atoms with Crippen molar-refractivity contribution in [1.29, 1.82) is 0 Å². The van der Waals surface area contributed by atoms with Crippen molar-refractivity contribution in [1.82, 2.24) is 0 Å². The van der Waals surface area contributed by atoms with Crippen LogP contribution >= 0.6 is 0 Å². The summed E-state index contributed by atoms with van der Waals surface area (Å²) in [6, 6.07) is 8.38. The van der Waals surface area contributed by atoms with E-state index in [1.54, 1.807) is 0 Å². The molecule has 0 aromatic heterocycles. The van der Waals surface area contributed by atoms with Crippen LogP contribution in [-0.2, 0) is 14.6 Å². The molecular weight excluding hydrogens is 586 g/mol. The highest BCUT2D eigenvalue weighted by Crippen LogP contribution is 2.50. The number of para-hydroxylation sites is 1. The van der Waals surface area contributed by atoms with Gasteiger partial charge in [0.05, 0.1) is 33.7 Å². The number of carbonyl (C=O) groups excluding carboxylic acids is 1. The van der Waals surface area contributed by atoms with Gasteiger partial charge in [-0.2, -0.15) is 0 Å². The zero-order chi connectivity index (χ0) is 31.2. The van der Waals surface area contributed by atoms with Crippen LogP contribution in [0.25, 0.3) is 0 Å². The van der Waals surface area contributed by atoms with Crippen molar-refractivity contribution in [3.05, 3.63) is 111 Å². The first kappa shape index (κ1) is 29.9. The first-order valence-corrected chi connectivity index (χ1v) is 16.3. The van der Waals surface area contributed by atoms with E-state index < -0.39 is 38.8 Å². The molecule has 0 fully saturated rings. The van der Waals surface area contributed by atoms with Crippen LogP contribution in [0.15, 0.2) is 100 Å². The molecule has 2 aliphatic carbocycles. The van der Waals surface area contributed by atoms with Crippen molar-refractivity contribution in [2.45, 2.75) is 52.0 Å². The highest BCUT2D eigenvalue weighted by molar-refractivity contribution is 7.95. The van der Waals surface area contributed by atoms with Gasteiger partial charge >= 0.3 is 0 Å². The Morgan fingerprint density at radius 1 is 1.11 bits per heavy atom. The summed E-state index contributed by atoms with van der Waals surface area (Å²) in [7, 11) is -4.08. The second-order valence-electron chi connectivity index (χ2n) is 12.3. The molecule has 4 aliphatic rings. The number of hydrogen-bond acceptors (Lipinski definition) is 6. The lowest BCUT2D eigenvalue weighted by atomic mass is 9.87. The Hall–Kier alpha value is -4.18. The number of benzene rings is 2. The summed E-state index contributed by atoms with van der Waals surface area (Å²) in [5.74, 6) is -2.45. The number of halogens is 2. The normalized spacial score (nSPS) is 22.3. The van der Waals surface area contributed by atoms with E-state index in [1.807, 2.05) is 19.9 Å². The molecule has 2 heterocycles. The van der Waals surface area contributed by atoms with E-state index in [2.05, 4.69) is 17.5 Å². The Morgan fingerprint density at radius 3 is 2.64 bits per heavy atom. The number of fused-ring (bicyclic) bond motifs is 1. The number of rotatable bonds is 5. The van der Waals surface area contributed by atoms with Crippen molar-refractivity contribution < 1.29 is 31.8 Å². The van der Waals surface area contributed by atoms with Gasteiger partial charge in [0, 0.05) is 18.2 Å². The Kier molecular flexibility index (Phi) is 7.73. The molecule has 0 spiro atoms. The number of hydrogen-bond donors (Lipinski definition) is 2. The number of aromatic hydroxyl groups is 1. The standard InChI is InChI=1S/C34H34F2N2O5S/c1-34(2)18-27-32(44(41,42)20-34)31(23-16-15-22(17-26(23)36)43-19-21-9-4-3-5-10-21)38(28-13-8-14-29(39)30(28)37-27)33(40)24-11-6-7-12-25(24)35/h4,6-14,17,31,37,39H,3,5,15-16,18-20H2,1-2H3. The van der Waals surface area contributed by atoms with Gasteiger partial charge in [-0.3, -0.25) is 9.69 Å². The maximum absolute atomic E-state index is 16.3. The molecule has 230 valence electrons. The number of amides is 1. The lowest BCUT2D eigenvalue weighted by Gasteiger charge is -2.39. The Balaban J connectivity index is 1.55. The molecule has 2 N–H and O–H groups in total. The number of anilines is 2. The van der Waals surface area contributed by atoms with Gasteiger partial charge in [0.25, 0.3) is 5.91 Å². The van der Waals surface area contributed by atoms with Gasteiger partial charge in [-0.25, -0.2) is 17.2 Å². The average molecular weight is 621 g/mol. The molecule has 2 aromatic carbocycles. The van der Waals surface area contributed by atoms with Crippen molar-refractivity contribution >= 4 is 27.1 Å². The predicted octanol–water partition coefficient (Wildman–Crippen LogP) is 7.22. The monoisotopic (exact) mass is 620 g/mol. The number of phenolic OH excluding ortho intramolecular Hbond substituents is 1. The van der Waals surface area contributed by atoms with E-state index in [9.17, 15) is 18.3 Å². The van der Waals surface area contributed by atoms with Gasteiger partial charge in [0.2, 0.25) is 0 Å². The summed E-state index contributed by atoms with van der Waals surface area (Å²) in [5.41, 5.74) is 0.513. The first-order valence-electron chi connectivity index (χ1n) is 14.7. The number of sulfone groups is 1. The summed E-state index contributed by atoms with van der Waals surface area (Å²) in [6.07, 6.45) is 9.81. The number of allylic oxidation sites excluding steroid dienone is 6. The van der Waals surface area contributed by atoms with Crippen molar-refractivity contribution in [2.75, 3.05) is 22.6 Å². The third kappa shape index (κ3) is 5.58. The van der Waals surface area contributed by atoms with E-state index in [0.29, 0.717) is 5.76 Å². The van der Waals surface area contributed by atoms with E-state index in [0.717, 1.165) is 29.4 Å². The maximum atomic E-state index is 16.3. The SMILES string of the molecule is CC1(C)CC2=C(C(C3=C(F)C=C(OCC4=CCCC=C4)CC3)N(C(=O)c3ccccc3F)c3cccc(O)c3N2)S(=O)(=O)C1. The minimum Gasteiger partial charge on any atom is -0.506 e. The minimum absolute atomic E-state index is 0.0577. The highest BCUT2D eigenvalue weighted by atomic mass is 32.2. The number of nitrogens with one attached hydrogen (secondary N) is 1. The molecule has 10 heteroatoms. The molecule has 0 saturated carbocycles. The fourth-order valence-electron chi connectivity index (χ4n) is 6.42. The van der Waals surface area contributed by atoms with Crippen LogP contribution in [0.5, 0.6) is 5.75 Å². The van der Waals surface area contributed by atoms with Crippen molar-refractivity contribution in [3.8, 4) is 5.75 Å². The molecule has 6 rings (SSSR count). The topological polar surface area (TPSA) is 95.9 Å². The Labute approximate surface area is 255 Å². The van der Waals surface area contributed by atoms with Crippen LogP contribution in [0, 0.1) is 11.2 Å². The van der Waals surface area contributed by atoms with E-state index in [4.69, 9.17) is 4.74 Å². The fraction of sp³-hybridized carbons (Fsp3) is 0.324. The van der Waals surface area contributed by atoms with Gasteiger partial charge in [-0.05, 0) is 66.5 Å². The predicted molar refractivity (Wildman–Crippen MR) is 166 cm³/mol. The number of nitrogens with zero attached hydrogens (tertiary/aromatic N) is 1. The highest BCUT2D eigenvalue weighted by Gasteiger charge is 2.48. The van der Waals surface area contributed by atoms with Crippen LogP contribution in [0.3, 0.4) is 0 Å².